The maximum Gasteiger partial charge on any atom is 0.272 e. The van der Waals surface area contributed by atoms with Crippen molar-refractivity contribution in [3.8, 4) is 0 Å². The molecule has 0 radical (unpaired) electrons. The molecule has 1 fully saturated rings. The van der Waals surface area contributed by atoms with Crippen molar-refractivity contribution in [2.24, 2.45) is 0 Å². The van der Waals surface area contributed by atoms with Gasteiger partial charge in [0.15, 0.2) is 0 Å². The molecule has 0 aliphatic carbocycles. The van der Waals surface area contributed by atoms with Crippen LogP contribution in [0.5, 0.6) is 0 Å². The van der Waals surface area contributed by atoms with Gasteiger partial charge in [-0.1, -0.05) is 12.1 Å². The minimum atomic E-state index is -0.219. The molecule has 1 aliphatic rings. The van der Waals surface area contributed by atoms with Gasteiger partial charge in [0, 0.05) is 12.7 Å². The fraction of sp³-hybridized carbons (Fsp3) is 0.250. The standard InChI is InChI=1S/C16H15N5O2/c22-15-10-4-1-2-5-11(10)18-14(19-15)13-6-3-9-21(13)16(23)12-7-8-17-20-12/h1-2,4-5,7-8,13H,3,6,9H2,(H,17,20)(H,18,19,22). The summed E-state index contributed by atoms with van der Waals surface area (Å²) < 4.78 is 0. The smallest absolute Gasteiger partial charge is 0.272 e. The molecule has 1 unspecified atom stereocenters. The average Bonchev–Trinajstić information content (AvgIpc) is 3.26. The Labute approximate surface area is 131 Å². The van der Waals surface area contributed by atoms with Crippen molar-refractivity contribution in [3.05, 3.63) is 58.4 Å². The first kappa shape index (κ1) is 13.7. The Morgan fingerprint density at radius 3 is 2.96 bits per heavy atom. The van der Waals surface area contributed by atoms with Crippen LogP contribution in [0.1, 0.15) is 35.2 Å². The van der Waals surface area contributed by atoms with Gasteiger partial charge in [-0.3, -0.25) is 14.7 Å². The van der Waals surface area contributed by atoms with E-state index < -0.39 is 0 Å². The fourth-order valence-corrected chi connectivity index (χ4v) is 3.09. The molecule has 1 aromatic carbocycles. The first-order valence-corrected chi connectivity index (χ1v) is 7.53. The Morgan fingerprint density at radius 2 is 2.13 bits per heavy atom. The molecule has 23 heavy (non-hydrogen) atoms. The lowest BCUT2D eigenvalue weighted by Gasteiger charge is -2.23. The fourth-order valence-electron chi connectivity index (χ4n) is 3.09. The van der Waals surface area contributed by atoms with Gasteiger partial charge in [-0.05, 0) is 31.0 Å². The number of carbonyl (C=O) groups is 1. The van der Waals surface area contributed by atoms with Gasteiger partial charge in [0.1, 0.15) is 11.5 Å². The molecular weight excluding hydrogens is 294 g/mol. The zero-order valence-electron chi connectivity index (χ0n) is 12.3. The van der Waals surface area contributed by atoms with Gasteiger partial charge in [-0.2, -0.15) is 5.10 Å². The van der Waals surface area contributed by atoms with Gasteiger partial charge in [0.2, 0.25) is 0 Å². The van der Waals surface area contributed by atoms with Crippen LogP contribution in [-0.2, 0) is 0 Å². The van der Waals surface area contributed by atoms with Crippen molar-refractivity contribution in [1.29, 1.82) is 0 Å². The number of amides is 1. The number of fused-ring (bicyclic) bond motifs is 1. The first-order chi connectivity index (χ1) is 11.2. The zero-order valence-corrected chi connectivity index (χ0v) is 12.3. The second-order valence-electron chi connectivity index (χ2n) is 5.60. The number of likely N-dealkylation sites (tertiary alicyclic amines) is 1. The summed E-state index contributed by atoms with van der Waals surface area (Å²) in [6.07, 6.45) is 3.21. The molecule has 1 saturated heterocycles. The van der Waals surface area contributed by atoms with E-state index in [2.05, 4.69) is 20.2 Å². The molecule has 1 amide bonds. The summed E-state index contributed by atoms with van der Waals surface area (Å²) in [7, 11) is 0. The molecule has 0 bridgehead atoms. The van der Waals surface area contributed by atoms with E-state index >= 15 is 0 Å². The van der Waals surface area contributed by atoms with E-state index in [0.29, 0.717) is 29.0 Å². The van der Waals surface area contributed by atoms with Gasteiger partial charge in [0.25, 0.3) is 11.5 Å². The van der Waals surface area contributed by atoms with Crippen molar-refractivity contribution in [2.75, 3.05) is 6.54 Å². The Hall–Kier alpha value is -2.96. The van der Waals surface area contributed by atoms with Crippen molar-refractivity contribution >= 4 is 16.8 Å². The lowest BCUT2D eigenvalue weighted by molar-refractivity contribution is 0.0724. The maximum atomic E-state index is 12.6. The molecule has 2 N–H and O–H groups in total. The Bertz CT molecular complexity index is 916. The molecular formula is C16H15N5O2. The highest BCUT2D eigenvalue weighted by Gasteiger charge is 2.33. The number of benzene rings is 1. The molecule has 3 aromatic rings. The van der Waals surface area contributed by atoms with Crippen LogP contribution in [-0.4, -0.2) is 37.5 Å². The van der Waals surface area contributed by atoms with Crippen molar-refractivity contribution in [1.82, 2.24) is 25.1 Å². The number of nitrogens with zero attached hydrogens (tertiary/aromatic N) is 3. The largest absolute Gasteiger partial charge is 0.327 e. The summed E-state index contributed by atoms with van der Waals surface area (Å²) in [6.45, 7) is 0.638. The number of aromatic amines is 2. The summed E-state index contributed by atoms with van der Waals surface area (Å²) >= 11 is 0. The summed E-state index contributed by atoms with van der Waals surface area (Å²) in [5.41, 5.74) is 0.915. The number of hydrogen-bond donors (Lipinski definition) is 2. The van der Waals surface area contributed by atoms with Crippen LogP contribution in [0.15, 0.2) is 41.3 Å². The summed E-state index contributed by atoms with van der Waals surface area (Å²) in [4.78, 5) is 34.0. The third-order valence-corrected chi connectivity index (χ3v) is 4.19. The van der Waals surface area contributed by atoms with Crippen LogP contribution in [0.2, 0.25) is 0 Å². The molecule has 116 valence electrons. The molecule has 7 nitrogen and oxygen atoms in total. The van der Waals surface area contributed by atoms with Crippen molar-refractivity contribution in [3.63, 3.8) is 0 Å². The summed E-state index contributed by atoms with van der Waals surface area (Å²) in [6, 6.07) is 8.64. The number of aromatic nitrogens is 4. The van der Waals surface area contributed by atoms with E-state index in [9.17, 15) is 9.59 Å². The van der Waals surface area contributed by atoms with Crippen LogP contribution >= 0.6 is 0 Å². The lowest BCUT2D eigenvalue weighted by atomic mass is 10.2. The normalized spacial score (nSPS) is 17.7. The van der Waals surface area contributed by atoms with E-state index in [1.54, 1.807) is 23.2 Å². The number of nitrogens with one attached hydrogen (secondary N) is 2. The van der Waals surface area contributed by atoms with Crippen LogP contribution in [0.4, 0.5) is 0 Å². The molecule has 0 saturated carbocycles. The summed E-state index contributed by atoms with van der Waals surface area (Å²) in [5, 5.41) is 7.07. The molecule has 3 heterocycles. The van der Waals surface area contributed by atoms with E-state index in [1.165, 1.54) is 0 Å². The summed E-state index contributed by atoms with van der Waals surface area (Å²) in [5.74, 6) is 0.417. The second kappa shape index (κ2) is 5.35. The highest BCUT2D eigenvalue weighted by Crippen LogP contribution is 2.31. The van der Waals surface area contributed by atoms with Crippen LogP contribution in [0.25, 0.3) is 10.9 Å². The number of H-pyrrole nitrogens is 2. The molecule has 1 aliphatic heterocycles. The lowest BCUT2D eigenvalue weighted by Crippen LogP contribution is -2.32. The molecule has 4 rings (SSSR count). The Kier molecular flexibility index (Phi) is 3.18. The number of para-hydroxylation sites is 1. The van der Waals surface area contributed by atoms with E-state index in [1.807, 2.05) is 18.2 Å². The number of carbonyl (C=O) groups excluding carboxylic acids is 1. The predicted molar refractivity (Wildman–Crippen MR) is 84.0 cm³/mol. The molecule has 0 spiro atoms. The van der Waals surface area contributed by atoms with Gasteiger partial charge >= 0.3 is 0 Å². The van der Waals surface area contributed by atoms with E-state index in [4.69, 9.17) is 0 Å². The average molecular weight is 309 g/mol. The topological polar surface area (TPSA) is 94.7 Å². The third-order valence-electron chi connectivity index (χ3n) is 4.19. The van der Waals surface area contributed by atoms with Crippen molar-refractivity contribution < 1.29 is 4.79 Å². The van der Waals surface area contributed by atoms with E-state index in [0.717, 1.165) is 12.8 Å². The van der Waals surface area contributed by atoms with Gasteiger partial charge in [-0.15, -0.1) is 0 Å². The van der Waals surface area contributed by atoms with Gasteiger partial charge in [-0.25, -0.2) is 4.98 Å². The molecule has 7 heteroatoms. The number of hydrogen-bond acceptors (Lipinski definition) is 4. The SMILES string of the molecule is O=C(c1ccn[nH]1)N1CCCC1c1nc2ccccc2c(=O)[nH]1. The van der Waals surface area contributed by atoms with Gasteiger partial charge in [0.05, 0.1) is 16.9 Å². The molecule has 1 atom stereocenters. The van der Waals surface area contributed by atoms with Crippen LogP contribution in [0, 0.1) is 0 Å². The highest BCUT2D eigenvalue weighted by molar-refractivity contribution is 5.92. The maximum absolute atomic E-state index is 12.6. The molecule has 2 aromatic heterocycles. The predicted octanol–water partition coefficient (Wildman–Crippen LogP) is 1.62. The van der Waals surface area contributed by atoms with Crippen molar-refractivity contribution in [2.45, 2.75) is 18.9 Å². The first-order valence-electron chi connectivity index (χ1n) is 7.53. The number of rotatable bonds is 2. The zero-order chi connectivity index (χ0) is 15.8. The Morgan fingerprint density at radius 1 is 1.26 bits per heavy atom. The van der Waals surface area contributed by atoms with Crippen LogP contribution in [0.3, 0.4) is 0 Å². The second-order valence-corrected chi connectivity index (χ2v) is 5.60. The monoisotopic (exact) mass is 309 g/mol. The minimum absolute atomic E-state index is 0.124. The minimum Gasteiger partial charge on any atom is -0.327 e. The Balaban J connectivity index is 1.74. The van der Waals surface area contributed by atoms with E-state index in [-0.39, 0.29) is 17.5 Å². The third kappa shape index (κ3) is 2.30. The van der Waals surface area contributed by atoms with Gasteiger partial charge < -0.3 is 9.88 Å². The highest BCUT2D eigenvalue weighted by atomic mass is 16.2. The van der Waals surface area contributed by atoms with Crippen LogP contribution < -0.4 is 5.56 Å². The quantitative estimate of drug-likeness (QED) is 0.752.